The third kappa shape index (κ3) is 4.19. The second kappa shape index (κ2) is 8.12. The summed E-state index contributed by atoms with van der Waals surface area (Å²) >= 11 is 0. The smallest absolute Gasteiger partial charge is 0.243 e. The normalized spacial score (nSPS) is 32.2. The van der Waals surface area contributed by atoms with Crippen molar-refractivity contribution in [3.8, 4) is 0 Å². The summed E-state index contributed by atoms with van der Waals surface area (Å²) < 4.78 is 0. The average Bonchev–Trinajstić information content (AvgIpc) is 2.73. The van der Waals surface area contributed by atoms with E-state index in [4.69, 9.17) is 0 Å². The highest BCUT2D eigenvalue weighted by molar-refractivity contribution is 5.96. The number of nitrogens with one attached hydrogen (secondary N) is 2. The maximum atomic E-state index is 13.1. The van der Waals surface area contributed by atoms with Crippen LogP contribution in [0.4, 0.5) is 11.4 Å². The number of hydrogen-bond acceptors (Lipinski definition) is 4. The highest BCUT2D eigenvalue weighted by Gasteiger charge is 2.54. The number of amides is 2. The van der Waals surface area contributed by atoms with Crippen LogP contribution < -0.4 is 15.5 Å². The molecule has 2 N–H and O–H groups in total. The van der Waals surface area contributed by atoms with Crippen molar-refractivity contribution < 1.29 is 9.59 Å². The molecular formula is C25H36N4O2. The van der Waals surface area contributed by atoms with E-state index in [2.05, 4.69) is 39.6 Å². The molecule has 1 aliphatic heterocycles. The number of piperazine rings is 1. The van der Waals surface area contributed by atoms with Gasteiger partial charge in [-0.1, -0.05) is 0 Å². The van der Waals surface area contributed by atoms with Crippen LogP contribution in [0.2, 0.25) is 0 Å². The molecule has 5 fully saturated rings. The Hall–Kier alpha value is -2.08. The number of likely N-dealkylation sites (N-methyl/N-ethyl adjacent to an activating group) is 1. The second-order valence-electron chi connectivity index (χ2n) is 10.7. The Balaban J connectivity index is 1.15. The maximum Gasteiger partial charge on any atom is 0.243 e. The van der Waals surface area contributed by atoms with Crippen molar-refractivity contribution in [2.24, 2.45) is 23.2 Å². The summed E-state index contributed by atoms with van der Waals surface area (Å²) in [6.45, 7) is 6.28. The van der Waals surface area contributed by atoms with Gasteiger partial charge in [0.25, 0.3) is 0 Å². The molecule has 31 heavy (non-hydrogen) atoms. The summed E-state index contributed by atoms with van der Waals surface area (Å²) in [6, 6.07) is 6.22. The fraction of sp³-hybridized carbons (Fsp3) is 0.680. The molecule has 6 nitrogen and oxygen atoms in total. The number of carbonyl (C=O) groups excluding carboxylic acids is 2. The molecule has 168 valence electrons. The number of anilines is 2. The Kier molecular flexibility index (Phi) is 5.45. The van der Waals surface area contributed by atoms with E-state index in [-0.39, 0.29) is 23.8 Å². The molecule has 0 unspecified atom stereocenters. The molecule has 0 spiro atoms. The average molecular weight is 425 g/mol. The van der Waals surface area contributed by atoms with E-state index in [0.29, 0.717) is 0 Å². The van der Waals surface area contributed by atoms with Crippen LogP contribution in [-0.2, 0) is 9.59 Å². The predicted molar refractivity (Wildman–Crippen MR) is 123 cm³/mol. The van der Waals surface area contributed by atoms with E-state index in [1.165, 1.54) is 24.9 Å². The zero-order chi connectivity index (χ0) is 21.6. The Morgan fingerprint density at radius 2 is 1.61 bits per heavy atom. The summed E-state index contributed by atoms with van der Waals surface area (Å²) in [5.74, 6) is 2.16. The van der Waals surface area contributed by atoms with Gasteiger partial charge in [0, 0.05) is 43.0 Å². The van der Waals surface area contributed by atoms with Crippen LogP contribution in [0.5, 0.6) is 0 Å². The first-order valence-electron chi connectivity index (χ1n) is 12.0. The van der Waals surface area contributed by atoms with Crippen molar-refractivity contribution in [3.05, 3.63) is 23.8 Å². The Morgan fingerprint density at radius 3 is 2.19 bits per heavy atom. The molecule has 1 saturated heterocycles. The lowest BCUT2D eigenvalue weighted by atomic mass is 9.49. The molecule has 0 radical (unpaired) electrons. The van der Waals surface area contributed by atoms with Gasteiger partial charge in [-0.15, -0.1) is 0 Å². The van der Waals surface area contributed by atoms with E-state index < -0.39 is 0 Å². The highest BCUT2D eigenvalue weighted by atomic mass is 16.2. The van der Waals surface area contributed by atoms with Gasteiger partial charge in [0.05, 0.1) is 6.54 Å². The summed E-state index contributed by atoms with van der Waals surface area (Å²) in [7, 11) is 2.16. The molecule has 2 amide bonds. The van der Waals surface area contributed by atoms with Gasteiger partial charge in [-0.2, -0.15) is 0 Å². The van der Waals surface area contributed by atoms with E-state index in [9.17, 15) is 9.59 Å². The second-order valence-corrected chi connectivity index (χ2v) is 10.7. The molecule has 4 saturated carbocycles. The standard InChI is InChI=1S/C25H36N4O2/c1-17-9-21(29-7-5-28(2)6-8-29)3-4-22(17)27-23(30)16-26-24(31)25-13-18-10-19(14-25)12-20(11-18)15-25/h3-4,9,18-20H,5-8,10-16H2,1-2H3,(H,26,31)(H,27,30). The first-order chi connectivity index (χ1) is 14.9. The number of rotatable bonds is 5. The van der Waals surface area contributed by atoms with Gasteiger partial charge in [-0.3, -0.25) is 9.59 Å². The Labute approximate surface area is 185 Å². The predicted octanol–water partition coefficient (Wildman–Crippen LogP) is 3.02. The number of hydrogen-bond donors (Lipinski definition) is 2. The van der Waals surface area contributed by atoms with Crippen LogP contribution in [0.1, 0.15) is 44.1 Å². The largest absolute Gasteiger partial charge is 0.369 e. The topological polar surface area (TPSA) is 64.7 Å². The van der Waals surface area contributed by atoms with Gasteiger partial charge in [-0.05, 0) is 94.0 Å². The minimum atomic E-state index is -0.199. The van der Waals surface area contributed by atoms with Gasteiger partial charge in [0.1, 0.15) is 0 Å². The van der Waals surface area contributed by atoms with Crippen molar-refractivity contribution in [1.29, 1.82) is 0 Å². The minimum Gasteiger partial charge on any atom is -0.369 e. The van der Waals surface area contributed by atoms with Crippen molar-refractivity contribution in [2.75, 3.05) is 50.0 Å². The first-order valence-corrected chi connectivity index (χ1v) is 12.0. The lowest BCUT2D eigenvalue weighted by Crippen LogP contribution is -2.54. The molecule has 1 aromatic rings. The summed E-state index contributed by atoms with van der Waals surface area (Å²) in [5, 5.41) is 5.98. The number of aryl methyl sites for hydroxylation is 1. The SMILES string of the molecule is Cc1cc(N2CCN(C)CC2)ccc1NC(=O)CNC(=O)C12CC3CC(CC(C3)C1)C2. The quantitative estimate of drug-likeness (QED) is 0.763. The van der Waals surface area contributed by atoms with Crippen LogP contribution in [0.25, 0.3) is 0 Å². The lowest BCUT2D eigenvalue weighted by molar-refractivity contribution is -0.146. The van der Waals surface area contributed by atoms with Gasteiger partial charge < -0.3 is 20.4 Å². The number of nitrogens with zero attached hydrogens (tertiary/aromatic N) is 2. The fourth-order valence-electron chi connectivity index (χ4n) is 6.98. The van der Waals surface area contributed by atoms with Gasteiger partial charge in [-0.25, -0.2) is 0 Å². The van der Waals surface area contributed by atoms with Crippen molar-refractivity contribution in [1.82, 2.24) is 10.2 Å². The van der Waals surface area contributed by atoms with Gasteiger partial charge in [0.15, 0.2) is 0 Å². The van der Waals surface area contributed by atoms with E-state index in [0.717, 1.165) is 74.4 Å². The van der Waals surface area contributed by atoms with Crippen LogP contribution >= 0.6 is 0 Å². The molecular weight excluding hydrogens is 388 g/mol. The lowest BCUT2D eigenvalue weighted by Gasteiger charge is -2.55. The van der Waals surface area contributed by atoms with Crippen molar-refractivity contribution in [2.45, 2.75) is 45.4 Å². The van der Waals surface area contributed by atoms with E-state index in [1.54, 1.807) is 0 Å². The Bertz CT molecular complexity index is 824. The Morgan fingerprint density at radius 1 is 1.00 bits per heavy atom. The third-order valence-electron chi connectivity index (χ3n) is 8.28. The fourth-order valence-corrected chi connectivity index (χ4v) is 6.98. The van der Waals surface area contributed by atoms with Crippen LogP contribution in [-0.4, -0.2) is 56.5 Å². The van der Waals surface area contributed by atoms with E-state index in [1.807, 2.05) is 13.0 Å². The van der Waals surface area contributed by atoms with Gasteiger partial charge >= 0.3 is 0 Å². The monoisotopic (exact) mass is 424 g/mol. The minimum absolute atomic E-state index is 0.0558. The summed E-state index contributed by atoms with van der Waals surface area (Å²) in [5.41, 5.74) is 2.89. The zero-order valence-electron chi connectivity index (χ0n) is 19.0. The first kappa shape index (κ1) is 20.8. The van der Waals surface area contributed by atoms with Crippen LogP contribution in [0.3, 0.4) is 0 Å². The molecule has 5 aliphatic rings. The van der Waals surface area contributed by atoms with Crippen LogP contribution in [0, 0.1) is 30.1 Å². The molecule has 0 aromatic heterocycles. The molecule has 0 atom stereocenters. The molecule has 4 aliphatic carbocycles. The number of carbonyl (C=O) groups is 2. The van der Waals surface area contributed by atoms with Crippen molar-refractivity contribution >= 4 is 23.2 Å². The van der Waals surface area contributed by atoms with E-state index >= 15 is 0 Å². The number of benzene rings is 1. The summed E-state index contributed by atoms with van der Waals surface area (Å²) in [4.78, 5) is 30.4. The molecule has 6 heteroatoms. The molecule has 1 heterocycles. The third-order valence-corrected chi connectivity index (χ3v) is 8.28. The molecule has 4 bridgehead atoms. The highest BCUT2D eigenvalue weighted by Crippen LogP contribution is 2.60. The van der Waals surface area contributed by atoms with Crippen molar-refractivity contribution in [3.63, 3.8) is 0 Å². The van der Waals surface area contributed by atoms with Crippen LogP contribution in [0.15, 0.2) is 18.2 Å². The maximum absolute atomic E-state index is 13.1. The van der Waals surface area contributed by atoms with Gasteiger partial charge in [0.2, 0.25) is 11.8 Å². The summed E-state index contributed by atoms with van der Waals surface area (Å²) in [6.07, 6.45) is 7.03. The molecule has 1 aromatic carbocycles. The zero-order valence-corrected chi connectivity index (χ0v) is 19.0. The molecule has 6 rings (SSSR count).